The van der Waals surface area contributed by atoms with Gasteiger partial charge in [0.1, 0.15) is 11.8 Å². The molecular weight excluding hydrogens is 352 g/mol. The number of aryl methyl sites for hydroxylation is 2. The summed E-state index contributed by atoms with van der Waals surface area (Å²) in [6, 6.07) is 5.82. The summed E-state index contributed by atoms with van der Waals surface area (Å²) in [6.07, 6.45) is 5.52. The molecule has 0 spiro atoms. The van der Waals surface area contributed by atoms with E-state index in [0.717, 1.165) is 42.0 Å². The van der Waals surface area contributed by atoms with Crippen LogP contribution in [0.2, 0.25) is 5.15 Å². The molecule has 26 heavy (non-hydrogen) atoms. The number of cyclic esters (lactones) is 1. The van der Waals surface area contributed by atoms with Crippen LogP contribution in [0.4, 0.5) is 0 Å². The molecule has 1 aliphatic heterocycles. The third kappa shape index (κ3) is 4.64. The standard InChI is InChI=1S/C19H23ClN4O2/c1-3-4-7-24-16(8-14(2)22-24)12-23(17-9-19(25)26-13-17)11-15-5-6-18(20)21-10-15/h5-6,8-10H,3-4,7,11-13H2,1-2H3. The van der Waals surface area contributed by atoms with E-state index in [1.807, 2.05) is 13.0 Å². The number of pyridine rings is 1. The quantitative estimate of drug-likeness (QED) is 0.523. The maximum Gasteiger partial charge on any atom is 0.333 e. The van der Waals surface area contributed by atoms with Crippen LogP contribution in [0.25, 0.3) is 0 Å². The number of aromatic nitrogens is 3. The lowest BCUT2D eigenvalue weighted by Gasteiger charge is -2.25. The number of esters is 1. The van der Waals surface area contributed by atoms with E-state index in [1.165, 1.54) is 0 Å². The van der Waals surface area contributed by atoms with Gasteiger partial charge in [-0.15, -0.1) is 0 Å². The first-order valence-corrected chi connectivity index (χ1v) is 9.19. The Morgan fingerprint density at radius 3 is 2.85 bits per heavy atom. The molecule has 2 aromatic rings. The van der Waals surface area contributed by atoms with Crippen LogP contribution in [0.5, 0.6) is 0 Å². The Balaban J connectivity index is 1.83. The van der Waals surface area contributed by atoms with Crippen LogP contribution < -0.4 is 0 Å². The zero-order valence-corrected chi connectivity index (χ0v) is 15.9. The number of carbonyl (C=O) groups excluding carboxylic acids is 1. The highest BCUT2D eigenvalue weighted by Gasteiger charge is 2.21. The number of carbonyl (C=O) groups is 1. The summed E-state index contributed by atoms with van der Waals surface area (Å²) in [5.74, 6) is -0.296. The second-order valence-corrected chi connectivity index (χ2v) is 6.83. The van der Waals surface area contributed by atoms with Gasteiger partial charge >= 0.3 is 5.97 Å². The van der Waals surface area contributed by atoms with Crippen molar-refractivity contribution in [2.45, 2.75) is 46.3 Å². The molecule has 138 valence electrons. The molecule has 0 aliphatic carbocycles. The molecule has 0 radical (unpaired) electrons. The number of nitrogens with zero attached hydrogens (tertiary/aromatic N) is 4. The first kappa shape index (κ1) is 18.5. The highest BCUT2D eigenvalue weighted by Crippen LogP contribution is 2.20. The molecular formula is C19H23ClN4O2. The van der Waals surface area contributed by atoms with Crippen molar-refractivity contribution in [1.82, 2.24) is 19.7 Å². The SMILES string of the molecule is CCCCn1nc(C)cc1CN(Cc1ccc(Cl)nc1)C1=CC(=O)OC1. The normalized spacial score (nSPS) is 13.7. The summed E-state index contributed by atoms with van der Waals surface area (Å²) in [7, 11) is 0. The lowest BCUT2D eigenvalue weighted by Crippen LogP contribution is -2.25. The molecule has 0 saturated carbocycles. The van der Waals surface area contributed by atoms with Gasteiger partial charge in [-0.2, -0.15) is 5.10 Å². The van der Waals surface area contributed by atoms with Gasteiger partial charge in [-0.25, -0.2) is 9.78 Å². The fourth-order valence-electron chi connectivity index (χ4n) is 2.95. The Kier molecular flexibility index (Phi) is 5.93. The number of ether oxygens (including phenoxy) is 1. The highest BCUT2D eigenvalue weighted by molar-refractivity contribution is 6.29. The van der Waals surface area contributed by atoms with Gasteiger partial charge in [-0.05, 0) is 31.0 Å². The number of hydrogen-bond donors (Lipinski definition) is 0. The molecule has 0 unspecified atom stereocenters. The molecule has 0 saturated heterocycles. The fourth-order valence-corrected chi connectivity index (χ4v) is 3.06. The van der Waals surface area contributed by atoms with Crippen molar-refractivity contribution in [1.29, 1.82) is 0 Å². The predicted octanol–water partition coefficient (Wildman–Crippen LogP) is 3.48. The van der Waals surface area contributed by atoms with Crippen LogP contribution in [0.15, 0.2) is 36.2 Å². The van der Waals surface area contributed by atoms with Crippen molar-refractivity contribution < 1.29 is 9.53 Å². The molecule has 7 heteroatoms. The summed E-state index contributed by atoms with van der Waals surface area (Å²) in [5.41, 5.74) is 4.01. The van der Waals surface area contributed by atoms with E-state index in [1.54, 1.807) is 18.3 Å². The molecule has 3 rings (SSSR count). The van der Waals surface area contributed by atoms with Crippen LogP contribution >= 0.6 is 11.6 Å². The number of unbranched alkanes of at least 4 members (excludes halogenated alkanes) is 1. The maximum absolute atomic E-state index is 11.5. The Bertz CT molecular complexity index is 798. The predicted molar refractivity (Wildman–Crippen MR) is 99.4 cm³/mol. The number of halogens is 1. The summed E-state index contributed by atoms with van der Waals surface area (Å²) in [4.78, 5) is 17.8. The van der Waals surface area contributed by atoms with E-state index in [9.17, 15) is 4.79 Å². The highest BCUT2D eigenvalue weighted by atomic mass is 35.5. The smallest absolute Gasteiger partial charge is 0.333 e. The van der Waals surface area contributed by atoms with Crippen LogP contribution in [0.3, 0.4) is 0 Å². The first-order valence-electron chi connectivity index (χ1n) is 8.81. The average molecular weight is 375 g/mol. The summed E-state index contributed by atoms with van der Waals surface area (Å²) < 4.78 is 7.17. The Labute approximate surface area is 158 Å². The van der Waals surface area contributed by atoms with Gasteiger partial charge in [0.05, 0.1) is 23.6 Å². The zero-order chi connectivity index (χ0) is 18.5. The Morgan fingerprint density at radius 2 is 2.19 bits per heavy atom. The topological polar surface area (TPSA) is 60.2 Å². The molecule has 0 aromatic carbocycles. The van der Waals surface area contributed by atoms with Crippen molar-refractivity contribution >= 4 is 17.6 Å². The maximum atomic E-state index is 11.5. The van der Waals surface area contributed by atoms with Crippen LogP contribution in [0, 0.1) is 6.92 Å². The van der Waals surface area contributed by atoms with Gasteiger partial charge in [-0.3, -0.25) is 4.68 Å². The Morgan fingerprint density at radius 1 is 1.35 bits per heavy atom. The van der Waals surface area contributed by atoms with Crippen molar-refractivity contribution in [3.05, 3.63) is 58.3 Å². The molecule has 0 fully saturated rings. The molecule has 1 aliphatic rings. The van der Waals surface area contributed by atoms with Crippen LogP contribution in [-0.2, 0) is 29.2 Å². The summed E-state index contributed by atoms with van der Waals surface area (Å²) in [6.45, 7) is 6.62. The van der Waals surface area contributed by atoms with Gasteiger partial charge in [-0.1, -0.05) is 31.0 Å². The van der Waals surface area contributed by atoms with Gasteiger partial charge in [0.2, 0.25) is 0 Å². The van der Waals surface area contributed by atoms with E-state index >= 15 is 0 Å². The van der Waals surface area contributed by atoms with Crippen molar-refractivity contribution in [2.24, 2.45) is 0 Å². The van der Waals surface area contributed by atoms with Crippen molar-refractivity contribution in [3.63, 3.8) is 0 Å². The van der Waals surface area contributed by atoms with E-state index in [4.69, 9.17) is 16.3 Å². The van der Waals surface area contributed by atoms with Gasteiger partial charge in [0.15, 0.2) is 0 Å². The van der Waals surface area contributed by atoms with Gasteiger partial charge in [0, 0.05) is 25.4 Å². The van der Waals surface area contributed by atoms with Crippen molar-refractivity contribution in [3.8, 4) is 0 Å². The molecule has 3 heterocycles. The number of rotatable bonds is 8. The van der Waals surface area contributed by atoms with E-state index in [0.29, 0.717) is 24.8 Å². The third-order valence-electron chi connectivity index (χ3n) is 4.28. The van der Waals surface area contributed by atoms with E-state index < -0.39 is 0 Å². The molecule has 0 N–H and O–H groups in total. The molecule has 0 atom stereocenters. The largest absolute Gasteiger partial charge is 0.456 e. The summed E-state index contributed by atoms with van der Waals surface area (Å²) >= 11 is 5.88. The first-order chi connectivity index (χ1) is 12.5. The van der Waals surface area contributed by atoms with Gasteiger partial charge < -0.3 is 9.64 Å². The monoisotopic (exact) mass is 374 g/mol. The lowest BCUT2D eigenvalue weighted by atomic mass is 10.2. The van der Waals surface area contributed by atoms with Crippen molar-refractivity contribution in [2.75, 3.05) is 6.61 Å². The minimum atomic E-state index is -0.296. The second kappa shape index (κ2) is 8.36. The van der Waals surface area contributed by atoms with Crippen LogP contribution in [-0.4, -0.2) is 32.2 Å². The molecule has 0 bridgehead atoms. The van der Waals surface area contributed by atoms with E-state index in [2.05, 4.69) is 32.7 Å². The second-order valence-electron chi connectivity index (χ2n) is 6.44. The average Bonchev–Trinajstić information content (AvgIpc) is 3.20. The van der Waals surface area contributed by atoms with E-state index in [-0.39, 0.29) is 5.97 Å². The fraction of sp³-hybridized carbons (Fsp3) is 0.421. The third-order valence-corrected chi connectivity index (χ3v) is 4.50. The molecule has 0 amide bonds. The molecule has 6 nitrogen and oxygen atoms in total. The summed E-state index contributed by atoms with van der Waals surface area (Å²) in [5, 5.41) is 5.07. The zero-order valence-electron chi connectivity index (χ0n) is 15.1. The van der Waals surface area contributed by atoms with Crippen LogP contribution in [0.1, 0.15) is 36.7 Å². The minimum absolute atomic E-state index is 0.294. The number of hydrogen-bond acceptors (Lipinski definition) is 5. The minimum Gasteiger partial charge on any atom is -0.456 e. The van der Waals surface area contributed by atoms with Gasteiger partial charge in [0.25, 0.3) is 0 Å². The lowest BCUT2D eigenvalue weighted by molar-refractivity contribution is -0.135. The Hall–Kier alpha value is -2.34. The molecule has 2 aromatic heterocycles.